The summed E-state index contributed by atoms with van der Waals surface area (Å²) in [6.07, 6.45) is 0. The van der Waals surface area contributed by atoms with E-state index in [1.54, 1.807) is 0 Å². The van der Waals surface area contributed by atoms with Crippen LogP contribution in [0.4, 0.5) is 11.8 Å². The van der Waals surface area contributed by atoms with Crippen LogP contribution in [0.3, 0.4) is 0 Å². The maximum absolute atomic E-state index is 5.69. The molecule has 0 saturated heterocycles. The Balaban J connectivity index is 2.55. The number of rotatable bonds is 2. The third kappa shape index (κ3) is 2.53. The van der Waals surface area contributed by atoms with Crippen LogP contribution < -0.4 is 11.1 Å². The molecule has 0 aliphatic carbocycles. The fraction of sp³-hybridized carbons (Fsp3) is 0.231. The van der Waals surface area contributed by atoms with Crippen LogP contribution in [0, 0.1) is 13.8 Å². The lowest BCUT2D eigenvalue weighted by Crippen LogP contribution is -2.01. The van der Waals surface area contributed by atoms with Gasteiger partial charge < -0.3 is 11.1 Å². The summed E-state index contributed by atoms with van der Waals surface area (Å²) in [6, 6.07) is 8.21. The standard InChI is InChI=1S/C13H16N4/c1-8-4-9(2)6-10(5-8)11-7-12(15-3)17-13(14)16-11/h4-7H,1-3H3,(H3,14,15,16,17). The monoisotopic (exact) mass is 228 g/mol. The zero-order chi connectivity index (χ0) is 12.4. The van der Waals surface area contributed by atoms with Gasteiger partial charge in [-0.25, -0.2) is 4.98 Å². The van der Waals surface area contributed by atoms with Gasteiger partial charge in [0.15, 0.2) is 0 Å². The van der Waals surface area contributed by atoms with Gasteiger partial charge in [-0.2, -0.15) is 4.98 Å². The third-order valence-corrected chi connectivity index (χ3v) is 2.52. The average molecular weight is 228 g/mol. The minimum atomic E-state index is 0.283. The quantitative estimate of drug-likeness (QED) is 0.828. The van der Waals surface area contributed by atoms with Crippen molar-refractivity contribution in [3.63, 3.8) is 0 Å². The molecule has 1 aromatic carbocycles. The van der Waals surface area contributed by atoms with Crippen molar-refractivity contribution in [2.75, 3.05) is 18.1 Å². The minimum absolute atomic E-state index is 0.283. The summed E-state index contributed by atoms with van der Waals surface area (Å²) in [4.78, 5) is 8.34. The van der Waals surface area contributed by atoms with Crippen molar-refractivity contribution in [3.8, 4) is 11.3 Å². The molecule has 17 heavy (non-hydrogen) atoms. The molecule has 1 heterocycles. The number of nitrogens with two attached hydrogens (primary N) is 1. The lowest BCUT2D eigenvalue weighted by Gasteiger charge is -2.07. The lowest BCUT2D eigenvalue weighted by atomic mass is 10.0. The zero-order valence-corrected chi connectivity index (χ0v) is 10.3. The summed E-state index contributed by atoms with van der Waals surface area (Å²) < 4.78 is 0. The number of aromatic nitrogens is 2. The van der Waals surface area contributed by atoms with E-state index in [9.17, 15) is 0 Å². The molecule has 0 bridgehead atoms. The molecule has 0 unspecified atom stereocenters. The summed E-state index contributed by atoms with van der Waals surface area (Å²) in [5.41, 5.74) is 10.0. The van der Waals surface area contributed by atoms with Crippen LogP contribution in [0.25, 0.3) is 11.3 Å². The van der Waals surface area contributed by atoms with Gasteiger partial charge >= 0.3 is 0 Å². The van der Waals surface area contributed by atoms with Gasteiger partial charge in [-0.15, -0.1) is 0 Å². The van der Waals surface area contributed by atoms with Gasteiger partial charge in [0.2, 0.25) is 5.95 Å². The van der Waals surface area contributed by atoms with E-state index in [1.165, 1.54) is 11.1 Å². The van der Waals surface area contributed by atoms with Gasteiger partial charge in [0.25, 0.3) is 0 Å². The minimum Gasteiger partial charge on any atom is -0.373 e. The van der Waals surface area contributed by atoms with Crippen LogP contribution in [0.2, 0.25) is 0 Å². The predicted molar refractivity (Wildman–Crippen MR) is 70.9 cm³/mol. The number of nitrogen functional groups attached to an aromatic ring is 1. The first-order valence-electron chi connectivity index (χ1n) is 5.49. The first kappa shape index (κ1) is 11.4. The molecule has 0 spiro atoms. The van der Waals surface area contributed by atoms with Gasteiger partial charge in [-0.3, -0.25) is 0 Å². The van der Waals surface area contributed by atoms with E-state index in [2.05, 4.69) is 47.3 Å². The molecule has 2 aromatic rings. The first-order valence-corrected chi connectivity index (χ1v) is 5.49. The van der Waals surface area contributed by atoms with E-state index in [0.29, 0.717) is 0 Å². The Bertz CT molecular complexity index is 529. The Hall–Kier alpha value is -2.10. The molecule has 0 aliphatic heterocycles. The van der Waals surface area contributed by atoms with E-state index in [1.807, 2.05) is 13.1 Å². The van der Waals surface area contributed by atoms with E-state index in [0.717, 1.165) is 17.1 Å². The Labute approximate surface area is 101 Å². The molecule has 2 rings (SSSR count). The van der Waals surface area contributed by atoms with Crippen molar-refractivity contribution in [1.29, 1.82) is 0 Å². The largest absolute Gasteiger partial charge is 0.373 e. The highest BCUT2D eigenvalue weighted by Gasteiger charge is 2.05. The molecule has 0 radical (unpaired) electrons. The number of aryl methyl sites for hydroxylation is 2. The second-order valence-corrected chi connectivity index (χ2v) is 4.12. The number of benzene rings is 1. The Morgan fingerprint density at radius 1 is 1.00 bits per heavy atom. The van der Waals surface area contributed by atoms with Crippen molar-refractivity contribution in [2.45, 2.75) is 13.8 Å². The van der Waals surface area contributed by atoms with Crippen molar-refractivity contribution >= 4 is 11.8 Å². The predicted octanol–water partition coefficient (Wildman–Crippen LogP) is 2.38. The summed E-state index contributed by atoms with van der Waals surface area (Å²) >= 11 is 0. The summed E-state index contributed by atoms with van der Waals surface area (Å²) in [5, 5.41) is 2.98. The molecule has 0 amide bonds. The molecule has 88 valence electrons. The van der Waals surface area contributed by atoms with Gasteiger partial charge in [-0.1, -0.05) is 17.2 Å². The van der Waals surface area contributed by atoms with E-state index >= 15 is 0 Å². The molecule has 0 aliphatic rings. The van der Waals surface area contributed by atoms with Gasteiger partial charge in [-0.05, 0) is 26.0 Å². The topological polar surface area (TPSA) is 63.8 Å². The lowest BCUT2D eigenvalue weighted by molar-refractivity contribution is 1.18. The number of anilines is 2. The van der Waals surface area contributed by atoms with Gasteiger partial charge in [0.1, 0.15) is 5.82 Å². The first-order chi connectivity index (χ1) is 8.08. The van der Waals surface area contributed by atoms with Crippen LogP contribution in [-0.2, 0) is 0 Å². The van der Waals surface area contributed by atoms with Crippen LogP contribution in [0.15, 0.2) is 24.3 Å². The number of hydrogen-bond donors (Lipinski definition) is 2. The van der Waals surface area contributed by atoms with E-state index in [4.69, 9.17) is 5.73 Å². The van der Waals surface area contributed by atoms with Crippen molar-refractivity contribution in [1.82, 2.24) is 9.97 Å². The molecular weight excluding hydrogens is 212 g/mol. The maximum Gasteiger partial charge on any atom is 0.222 e. The molecule has 0 atom stereocenters. The van der Waals surface area contributed by atoms with Gasteiger partial charge in [0, 0.05) is 18.7 Å². The zero-order valence-electron chi connectivity index (χ0n) is 10.3. The van der Waals surface area contributed by atoms with E-state index < -0.39 is 0 Å². The molecule has 4 nitrogen and oxygen atoms in total. The maximum atomic E-state index is 5.69. The summed E-state index contributed by atoms with van der Waals surface area (Å²) in [7, 11) is 1.81. The SMILES string of the molecule is CNc1cc(-c2cc(C)cc(C)c2)nc(N)n1. The summed E-state index contributed by atoms with van der Waals surface area (Å²) in [5.74, 6) is 1.01. The molecule has 0 fully saturated rings. The van der Waals surface area contributed by atoms with Gasteiger partial charge in [0.05, 0.1) is 5.69 Å². The Morgan fingerprint density at radius 2 is 1.65 bits per heavy atom. The van der Waals surface area contributed by atoms with Crippen LogP contribution in [-0.4, -0.2) is 17.0 Å². The smallest absolute Gasteiger partial charge is 0.222 e. The highest BCUT2D eigenvalue weighted by Crippen LogP contribution is 2.22. The van der Waals surface area contributed by atoms with Crippen molar-refractivity contribution in [2.24, 2.45) is 0 Å². The third-order valence-electron chi connectivity index (χ3n) is 2.52. The second kappa shape index (κ2) is 4.41. The highest BCUT2D eigenvalue weighted by molar-refractivity contribution is 5.65. The fourth-order valence-electron chi connectivity index (χ4n) is 1.86. The Kier molecular flexibility index (Phi) is 2.95. The normalized spacial score (nSPS) is 10.3. The fourth-order valence-corrected chi connectivity index (χ4v) is 1.86. The second-order valence-electron chi connectivity index (χ2n) is 4.12. The van der Waals surface area contributed by atoms with Crippen LogP contribution in [0.1, 0.15) is 11.1 Å². The molecule has 1 aromatic heterocycles. The van der Waals surface area contributed by atoms with Crippen molar-refractivity contribution in [3.05, 3.63) is 35.4 Å². The number of nitrogens with one attached hydrogen (secondary N) is 1. The molecule has 0 saturated carbocycles. The molecule has 4 heteroatoms. The van der Waals surface area contributed by atoms with E-state index in [-0.39, 0.29) is 5.95 Å². The molecular formula is C13H16N4. The Morgan fingerprint density at radius 3 is 2.24 bits per heavy atom. The van der Waals surface area contributed by atoms with Crippen molar-refractivity contribution < 1.29 is 0 Å². The van der Waals surface area contributed by atoms with Crippen LogP contribution >= 0.6 is 0 Å². The number of nitrogens with zero attached hydrogens (tertiary/aromatic N) is 2. The van der Waals surface area contributed by atoms with Crippen LogP contribution in [0.5, 0.6) is 0 Å². The highest BCUT2D eigenvalue weighted by atomic mass is 15.1. The average Bonchev–Trinajstić information content (AvgIpc) is 2.26. The summed E-state index contributed by atoms with van der Waals surface area (Å²) in [6.45, 7) is 4.14. The number of hydrogen-bond acceptors (Lipinski definition) is 4. The molecule has 3 N–H and O–H groups in total.